The molecule has 1 saturated heterocycles. The molecule has 0 radical (unpaired) electrons. The molecule has 0 aromatic heterocycles. The van der Waals surface area contributed by atoms with Crippen molar-refractivity contribution in [2.45, 2.75) is 58.0 Å². The van der Waals surface area contributed by atoms with Crippen LogP contribution in [0.2, 0.25) is 0 Å². The summed E-state index contributed by atoms with van der Waals surface area (Å²) in [5.74, 6) is 0.524. The lowest BCUT2D eigenvalue weighted by Gasteiger charge is -2.33. The van der Waals surface area contributed by atoms with Gasteiger partial charge in [-0.15, -0.1) is 0 Å². The topological polar surface area (TPSA) is 69.7 Å². The number of nitrogens with one attached hydrogen (secondary N) is 1. The van der Waals surface area contributed by atoms with Gasteiger partial charge in [-0.2, -0.15) is 0 Å². The molecule has 0 unspecified atom stereocenters. The number of benzene rings is 1. The molecular weight excluding hydrogens is 330 g/mol. The van der Waals surface area contributed by atoms with Gasteiger partial charge in [-0.1, -0.05) is 19.1 Å². The number of carbonyl (C=O) groups is 3. The molecule has 3 rings (SSSR count). The third-order valence-corrected chi connectivity index (χ3v) is 5.55. The van der Waals surface area contributed by atoms with E-state index in [2.05, 4.69) is 12.2 Å². The third-order valence-electron chi connectivity index (χ3n) is 5.55. The van der Waals surface area contributed by atoms with Crippen LogP contribution in [0.25, 0.3) is 0 Å². The van der Waals surface area contributed by atoms with Gasteiger partial charge in [0.25, 0.3) is 0 Å². The van der Waals surface area contributed by atoms with Crippen molar-refractivity contribution in [3.05, 3.63) is 29.8 Å². The summed E-state index contributed by atoms with van der Waals surface area (Å²) in [4.78, 5) is 38.9. The Bertz CT molecular complexity index is 662. The van der Waals surface area contributed by atoms with Crippen LogP contribution < -0.4 is 5.32 Å². The summed E-state index contributed by atoms with van der Waals surface area (Å²) in [5.41, 5.74) is 1.59. The molecule has 2 aliphatic rings. The van der Waals surface area contributed by atoms with Crippen molar-refractivity contribution in [1.29, 1.82) is 0 Å². The highest BCUT2D eigenvalue weighted by atomic mass is 16.2. The van der Waals surface area contributed by atoms with Gasteiger partial charge < -0.3 is 10.2 Å². The number of likely N-dealkylation sites (tertiary alicyclic amines) is 1. The predicted molar refractivity (Wildman–Crippen MR) is 99.4 cm³/mol. The van der Waals surface area contributed by atoms with Crippen LogP contribution in [-0.4, -0.2) is 40.7 Å². The van der Waals surface area contributed by atoms with Crippen LogP contribution in [0.1, 0.15) is 51.0 Å². The number of amides is 4. The second-order valence-electron chi connectivity index (χ2n) is 7.53. The number of urea groups is 1. The summed E-state index contributed by atoms with van der Waals surface area (Å²) in [6, 6.07) is 7.53. The Kier molecular flexibility index (Phi) is 5.59. The molecule has 1 aromatic carbocycles. The molecule has 4 amide bonds. The highest BCUT2D eigenvalue weighted by Gasteiger charge is 2.28. The van der Waals surface area contributed by atoms with Gasteiger partial charge in [-0.25, -0.2) is 4.79 Å². The van der Waals surface area contributed by atoms with Crippen LogP contribution in [0, 0.1) is 5.92 Å². The minimum atomic E-state index is -0.115. The molecule has 0 atom stereocenters. The summed E-state index contributed by atoms with van der Waals surface area (Å²) in [7, 11) is 1.86. The number of carbonyl (C=O) groups excluding carboxylic acids is 3. The van der Waals surface area contributed by atoms with Crippen molar-refractivity contribution >= 4 is 23.5 Å². The first-order chi connectivity index (χ1) is 12.4. The second-order valence-corrected chi connectivity index (χ2v) is 7.53. The van der Waals surface area contributed by atoms with Gasteiger partial charge >= 0.3 is 6.03 Å². The molecule has 6 nitrogen and oxygen atoms in total. The minimum absolute atomic E-state index is 0.0952. The lowest BCUT2D eigenvalue weighted by molar-refractivity contribution is -0.139. The number of anilines is 1. The number of rotatable bonds is 4. The van der Waals surface area contributed by atoms with Gasteiger partial charge in [0.1, 0.15) is 0 Å². The highest BCUT2D eigenvalue weighted by Crippen LogP contribution is 2.27. The Balaban J connectivity index is 1.54. The van der Waals surface area contributed by atoms with E-state index >= 15 is 0 Å². The monoisotopic (exact) mass is 357 g/mol. The van der Waals surface area contributed by atoms with Gasteiger partial charge in [0, 0.05) is 31.6 Å². The molecule has 26 heavy (non-hydrogen) atoms. The van der Waals surface area contributed by atoms with Crippen LogP contribution in [0.4, 0.5) is 10.5 Å². The Morgan fingerprint density at radius 3 is 2.23 bits per heavy atom. The molecule has 1 aliphatic heterocycles. The molecule has 6 heteroatoms. The minimum Gasteiger partial charge on any atom is -0.325 e. The normalized spacial score (nSPS) is 23.2. The Morgan fingerprint density at radius 2 is 1.65 bits per heavy atom. The van der Waals surface area contributed by atoms with Gasteiger partial charge in [0.15, 0.2) is 0 Å². The Labute approximate surface area is 154 Å². The lowest BCUT2D eigenvalue weighted by Crippen LogP contribution is -2.41. The molecule has 0 spiro atoms. The van der Waals surface area contributed by atoms with Crippen LogP contribution in [0.3, 0.4) is 0 Å². The fourth-order valence-electron chi connectivity index (χ4n) is 3.68. The van der Waals surface area contributed by atoms with E-state index in [0.717, 1.165) is 24.3 Å². The first kappa shape index (κ1) is 18.4. The van der Waals surface area contributed by atoms with E-state index in [4.69, 9.17) is 0 Å². The Hall–Kier alpha value is -2.37. The molecule has 1 saturated carbocycles. The van der Waals surface area contributed by atoms with Crippen LogP contribution in [-0.2, 0) is 16.1 Å². The summed E-state index contributed by atoms with van der Waals surface area (Å²) in [6.45, 7) is 2.56. The molecule has 2 fully saturated rings. The second kappa shape index (κ2) is 7.89. The third kappa shape index (κ3) is 4.23. The van der Waals surface area contributed by atoms with Crippen molar-refractivity contribution in [3.8, 4) is 0 Å². The molecular formula is C20H27N3O3. The maximum atomic E-state index is 12.5. The van der Waals surface area contributed by atoms with Crippen LogP contribution in [0.5, 0.6) is 0 Å². The maximum absolute atomic E-state index is 12.5. The van der Waals surface area contributed by atoms with E-state index in [1.54, 1.807) is 4.90 Å². The molecule has 1 aliphatic carbocycles. The smallest absolute Gasteiger partial charge is 0.321 e. The highest BCUT2D eigenvalue weighted by molar-refractivity contribution is 6.01. The summed E-state index contributed by atoms with van der Waals surface area (Å²) in [5, 5.41) is 2.93. The largest absolute Gasteiger partial charge is 0.325 e. The van der Waals surface area contributed by atoms with E-state index in [1.807, 2.05) is 31.3 Å². The van der Waals surface area contributed by atoms with E-state index in [9.17, 15) is 14.4 Å². The first-order valence-corrected chi connectivity index (χ1v) is 9.40. The number of hydrogen-bond acceptors (Lipinski definition) is 3. The van der Waals surface area contributed by atoms with E-state index in [1.165, 1.54) is 17.7 Å². The first-order valence-electron chi connectivity index (χ1n) is 9.40. The zero-order chi connectivity index (χ0) is 18.7. The molecule has 1 aromatic rings. The van der Waals surface area contributed by atoms with E-state index in [0.29, 0.717) is 31.1 Å². The van der Waals surface area contributed by atoms with Crippen molar-refractivity contribution in [3.63, 3.8) is 0 Å². The SMILES string of the molecule is CC1CCC(N(C)C(=O)Nc2ccc(CN3C(=O)CCC3=O)cc2)CC1. The fourth-order valence-corrected chi connectivity index (χ4v) is 3.68. The quantitative estimate of drug-likeness (QED) is 0.840. The number of hydrogen-bond donors (Lipinski definition) is 1. The van der Waals surface area contributed by atoms with Crippen molar-refractivity contribution in [1.82, 2.24) is 9.80 Å². The number of imide groups is 1. The van der Waals surface area contributed by atoms with Gasteiger partial charge in [-0.3, -0.25) is 14.5 Å². The van der Waals surface area contributed by atoms with Crippen molar-refractivity contribution < 1.29 is 14.4 Å². The Morgan fingerprint density at radius 1 is 1.08 bits per heavy atom. The van der Waals surface area contributed by atoms with Gasteiger partial charge in [0.2, 0.25) is 11.8 Å². The summed E-state index contributed by atoms with van der Waals surface area (Å²) >= 11 is 0. The van der Waals surface area contributed by atoms with E-state index < -0.39 is 0 Å². The zero-order valence-corrected chi connectivity index (χ0v) is 15.5. The van der Waals surface area contributed by atoms with Gasteiger partial charge in [0.05, 0.1) is 6.54 Å². The molecule has 1 heterocycles. The molecule has 1 N–H and O–H groups in total. The van der Waals surface area contributed by atoms with Crippen molar-refractivity contribution in [2.75, 3.05) is 12.4 Å². The fraction of sp³-hybridized carbons (Fsp3) is 0.550. The average Bonchev–Trinajstić information content (AvgIpc) is 2.95. The molecule has 140 valence electrons. The summed E-state index contributed by atoms with van der Waals surface area (Å²) in [6.07, 6.45) is 5.07. The maximum Gasteiger partial charge on any atom is 0.321 e. The summed E-state index contributed by atoms with van der Waals surface area (Å²) < 4.78 is 0. The standard InChI is InChI=1S/C20H27N3O3/c1-14-3-9-17(10-4-14)22(2)20(26)21-16-7-5-15(6-8-16)13-23-18(24)11-12-19(23)25/h5-8,14,17H,3-4,9-13H2,1-2H3,(H,21,26). The zero-order valence-electron chi connectivity index (χ0n) is 15.5. The molecule has 0 bridgehead atoms. The number of nitrogens with zero attached hydrogens (tertiary/aromatic N) is 2. The van der Waals surface area contributed by atoms with E-state index in [-0.39, 0.29) is 17.8 Å². The predicted octanol–water partition coefficient (Wildman–Crippen LogP) is 3.38. The lowest BCUT2D eigenvalue weighted by atomic mass is 9.87. The van der Waals surface area contributed by atoms with Gasteiger partial charge in [-0.05, 0) is 49.3 Å². The van der Waals surface area contributed by atoms with Crippen molar-refractivity contribution in [2.24, 2.45) is 5.92 Å². The van der Waals surface area contributed by atoms with Crippen LogP contribution >= 0.6 is 0 Å². The average molecular weight is 357 g/mol. The van der Waals surface area contributed by atoms with Crippen LogP contribution in [0.15, 0.2) is 24.3 Å².